The van der Waals surface area contributed by atoms with E-state index in [2.05, 4.69) is 11.0 Å². The van der Waals surface area contributed by atoms with Crippen molar-refractivity contribution in [2.24, 2.45) is 0 Å². The topological polar surface area (TPSA) is 44.1 Å². The van der Waals surface area contributed by atoms with Gasteiger partial charge in [-0.2, -0.15) is 5.26 Å². The first-order valence-corrected chi connectivity index (χ1v) is 5.93. The minimum Gasteiger partial charge on any atom is -0.296 e. The third-order valence-electron chi connectivity index (χ3n) is 4.19. The summed E-state index contributed by atoms with van der Waals surface area (Å²) in [6.45, 7) is 0.818. The number of nitriles is 1. The van der Waals surface area contributed by atoms with Crippen LogP contribution in [0, 0.1) is 11.3 Å². The van der Waals surface area contributed by atoms with Crippen molar-refractivity contribution in [2.75, 3.05) is 13.6 Å². The molecule has 1 aliphatic carbocycles. The van der Waals surface area contributed by atoms with Gasteiger partial charge in [0.2, 0.25) is 0 Å². The summed E-state index contributed by atoms with van der Waals surface area (Å²) in [5.41, 5.74) is 1.25. The number of carbonyl (C=O) groups is 1. The number of ketones is 1. The second-order valence-corrected chi connectivity index (χ2v) is 5.05. The number of likely N-dealkylation sites (N-methyl/N-ethyl adjacent to an activating group) is 1. The smallest absolute Gasteiger partial charge is 0.180 e. The van der Waals surface area contributed by atoms with Crippen LogP contribution in [-0.2, 0) is 5.41 Å². The van der Waals surface area contributed by atoms with Gasteiger partial charge in [0.15, 0.2) is 5.78 Å². The van der Waals surface area contributed by atoms with Gasteiger partial charge in [-0.1, -0.05) is 24.3 Å². The van der Waals surface area contributed by atoms with Crippen molar-refractivity contribution in [2.45, 2.75) is 24.3 Å². The lowest BCUT2D eigenvalue weighted by Crippen LogP contribution is -2.54. The Labute approximate surface area is 101 Å². The van der Waals surface area contributed by atoms with Crippen LogP contribution in [0.1, 0.15) is 28.8 Å². The number of carbonyl (C=O) groups excluding carboxylic acids is 1. The van der Waals surface area contributed by atoms with E-state index in [-0.39, 0.29) is 11.8 Å². The maximum Gasteiger partial charge on any atom is 0.180 e. The summed E-state index contributed by atoms with van der Waals surface area (Å²) >= 11 is 0. The van der Waals surface area contributed by atoms with Gasteiger partial charge < -0.3 is 0 Å². The van der Waals surface area contributed by atoms with Crippen molar-refractivity contribution in [1.29, 1.82) is 5.26 Å². The van der Waals surface area contributed by atoms with Crippen molar-refractivity contribution in [3.05, 3.63) is 35.4 Å². The Morgan fingerprint density at radius 3 is 3.00 bits per heavy atom. The highest BCUT2D eigenvalue weighted by Gasteiger charge is 2.48. The molecule has 1 fully saturated rings. The van der Waals surface area contributed by atoms with Crippen LogP contribution in [0.4, 0.5) is 0 Å². The first-order valence-electron chi connectivity index (χ1n) is 5.93. The van der Waals surface area contributed by atoms with E-state index < -0.39 is 5.41 Å². The van der Waals surface area contributed by atoms with E-state index in [1.165, 1.54) is 0 Å². The van der Waals surface area contributed by atoms with Gasteiger partial charge in [-0.25, -0.2) is 0 Å². The van der Waals surface area contributed by atoms with Gasteiger partial charge in [-0.3, -0.25) is 9.69 Å². The molecule has 86 valence electrons. The van der Waals surface area contributed by atoms with Crippen LogP contribution in [0.2, 0.25) is 0 Å². The summed E-state index contributed by atoms with van der Waals surface area (Å²) in [7, 11) is 1.97. The number of piperidine rings is 1. The predicted molar refractivity (Wildman–Crippen MR) is 63.7 cm³/mol. The quantitative estimate of drug-likeness (QED) is 0.676. The molecular formula is C14H14N2O. The number of benzene rings is 1. The molecule has 0 saturated carbocycles. The van der Waals surface area contributed by atoms with Crippen LogP contribution in [0.15, 0.2) is 24.3 Å². The van der Waals surface area contributed by atoms with Crippen molar-refractivity contribution in [3.8, 4) is 6.07 Å². The van der Waals surface area contributed by atoms with Crippen LogP contribution >= 0.6 is 0 Å². The molecule has 0 aromatic heterocycles. The van der Waals surface area contributed by atoms with Crippen LogP contribution in [0.3, 0.4) is 0 Å². The lowest BCUT2D eigenvalue weighted by molar-refractivity contribution is 0.0693. The summed E-state index contributed by atoms with van der Waals surface area (Å²) in [5.74, 6) is 0.175. The minimum absolute atomic E-state index is 0.113. The number of nitrogens with zero attached hydrogens (tertiary/aromatic N) is 2. The molecule has 0 spiro atoms. The average molecular weight is 226 g/mol. The molecule has 0 unspecified atom stereocenters. The predicted octanol–water partition coefficient (Wildman–Crippen LogP) is 1.74. The molecule has 1 aliphatic heterocycles. The van der Waals surface area contributed by atoms with Crippen molar-refractivity contribution in [1.82, 2.24) is 4.90 Å². The lowest BCUT2D eigenvalue weighted by Gasteiger charge is -2.45. The van der Waals surface area contributed by atoms with Crippen LogP contribution in [0.25, 0.3) is 0 Å². The normalized spacial score (nSPS) is 31.8. The lowest BCUT2D eigenvalue weighted by atomic mass is 9.64. The highest BCUT2D eigenvalue weighted by molar-refractivity contribution is 6.03. The second kappa shape index (κ2) is 3.41. The highest BCUT2D eigenvalue weighted by atomic mass is 16.1. The minimum atomic E-state index is -0.443. The monoisotopic (exact) mass is 226 g/mol. The Bertz CT molecular complexity index is 531. The van der Waals surface area contributed by atoms with E-state index in [0.717, 1.165) is 24.1 Å². The van der Waals surface area contributed by atoms with E-state index in [4.69, 9.17) is 0 Å². The first-order chi connectivity index (χ1) is 8.18. The molecule has 3 heteroatoms. The Balaban J connectivity index is 2.24. The van der Waals surface area contributed by atoms with Gasteiger partial charge in [-0.05, 0) is 25.5 Å². The van der Waals surface area contributed by atoms with E-state index in [1.54, 1.807) is 0 Å². The highest BCUT2D eigenvalue weighted by Crippen LogP contribution is 2.43. The Kier molecular flexibility index (Phi) is 2.11. The van der Waals surface area contributed by atoms with Crippen LogP contribution in [-0.4, -0.2) is 30.3 Å². The molecule has 1 saturated heterocycles. The zero-order chi connectivity index (χ0) is 12.0. The van der Waals surface area contributed by atoms with Gasteiger partial charge in [0.05, 0.1) is 17.5 Å². The number of hydrogen-bond donors (Lipinski definition) is 0. The third kappa shape index (κ3) is 1.28. The number of fused-ring (bicyclic) bond motifs is 4. The summed E-state index contributed by atoms with van der Waals surface area (Å²) in [6.07, 6.45) is 1.47. The second-order valence-electron chi connectivity index (χ2n) is 5.05. The molecular weight excluding hydrogens is 212 g/mol. The zero-order valence-corrected chi connectivity index (χ0v) is 9.81. The van der Waals surface area contributed by atoms with E-state index >= 15 is 0 Å². The molecule has 2 atom stereocenters. The maximum absolute atomic E-state index is 12.3. The Morgan fingerprint density at radius 2 is 2.24 bits per heavy atom. The summed E-state index contributed by atoms with van der Waals surface area (Å²) in [6, 6.07) is 9.95. The number of rotatable bonds is 0. The van der Waals surface area contributed by atoms with Gasteiger partial charge in [-0.15, -0.1) is 0 Å². The summed E-state index contributed by atoms with van der Waals surface area (Å²) in [5, 5.41) is 9.53. The number of Topliss-reactive ketones (excluding diaryl/α,β-unsaturated/α-hetero) is 1. The summed E-state index contributed by atoms with van der Waals surface area (Å²) in [4.78, 5) is 14.4. The molecule has 1 aromatic carbocycles. The molecule has 3 nitrogen and oxygen atoms in total. The largest absolute Gasteiger partial charge is 0.296 e. The van der Waals surface area contributed by atoms with E-state index in [0.29, 0.717) is 6.42 Å². The van der Waals surface area contributed by atoms with Gasteiger partial charge in [0.1, 0.15) is 0 Å². The first kappa shape index (κ1) is 10.5. The van der Waals surface area contributed by atoms with Crippen LogP contribution < -0.4 is 0 Å². The number of hydrogen-bond acceptors (Lipinski definition) is 3. The fourth-order valence-corrected chi connectivity index (χ4v) is 3.11. The SMILES string of the molecule is CN1CC[C@@]2(C#N)C[C@H]1C(=O)c1ccccc12. The molecule has 0 radical (unpaired) electrons. The molecule has 2 bridgehead atoms. The number of likely N-dealkylation sites (tertiary alicyclic amines) is 1. The van der Waals surface area contributed by atoms with Gasteiger partial charge in [0, 0.05) is 12.1 Å². The van der Waals surface area contributed by atoms with E-state index in [1.807, 2.05) is 31.3 Å². The summed E-state index contributed by atoms with van der Waals surface area (Å²) < 4.78 is 0. The fourth-order valence-electron chi connectivity index (χ4n) is 3.11. The molecule has 1 heterocycles. The van der Waals surface area contributed by atoms with Crippen LogP contribution in [0.5, 0.6) is 0 Å². The van der Waals surface area contributed by atoms with E-state index in [9.17, 15) is 10.1 Å². The molecule has 1 aromatic rings. The third-order valence-corrected chi connectivity index (χ3v) is 4.19. The average Bonchev–Trinajstić information content (AvgIpc) is 2.39. The maximum atomic E-state index is 12.3. The molecule has 17 heavy (non-hydrogen) atoms. The Hall–Kier alpha value is -1.66. The standard InChI is InChI=1S/C14H14N2O/c1-16-7-6-14(9-15)8-12(16)13(17)10-4-2-3-5-11(10)14/h2-5,12H,6-8H2,1H3/t12-,14-/m0/s1. The van der Waals surface area contributed by atoms with Gasteiger partial charge in [0.25, 0.3) is 0 Å². The van der Waals surface area contributed by atoms with Crippen molar-refractivity contribution < 1.29 is 4.79 Å². The zero-order valence-electron chi connectivity index (χ0n) is 9.81. The molecule has 0 amide bonds. The molecule has 2 aliphatic rings. The molecule has 0 N–H and O–H groups in total. The Morgan fingerprint density at radius 1 is 1.47 bits per heavy atom. The van der Waals surface area contributed by atoms with Crippen molar-refractivity contribution in [3.63, 3.8) is 0 Å². The fraction of sp³-hybridized carbons (Fsp3) is 0.429. The van der Waals surface area contributed by atoms with Gasteiger partial charge >= 0.3 is 0 Å². The molecule has 3 rings (SSSR count). The van der Waals surface area contributed by atoms with Crippen molar-refractivity contribution >= 4 is 5.78 Å².